The maximum absolute atomic E-state index is 12.7. The Morgan fingerprint density at radius 3 is 2.71 bits per heavy atom. The molecule has 1 spiro atoms. The lowest BCUT2D eigenvalue weighted by Crippen LogP contribution is -2.42. The van der Waals surface area contributed by atoms with E-state index in [1.54, 1.807) is 0 Å². The van der Waals surface area contributed by atoms with Crippen LogP contribution in [-0.4, -0.2) is 45.6 Å². The van der Waals surface area contributed by atoms with Gasteiger partial charge < -0.3 is 14.3 Å². The fourth-order valence-electron chi connectivity index (χ4n) is 4.60. The normalized spacial score (nSPS) is 19.1. The summed E-state index contributed by atoms with van der Waals surface area (Å²) in [6.45, 7) is 5.23. The SMILES string of the molecule is Cc1noc2ncnc(N3CCC4(CC3)CC(=O)N(Cc3ccccc3)C4)c12. The van der Waals surface area contributed by atoms with Crippen molar-refractivity contribution in [3.63, 3.8) is 0 Å². The molecule has 144 valence electrons. The van der Waals surface area contributed by atoms with E-state index < -0.39 is 0 Å². The Hall–Kier alpha value is -2.96. The van der Waals surface area contributed by atoms with Crippen LogP contribution in [0.2, 0.25) is 0 Å². The van der Waals surface area contributed by atoms with Crippen LogP contribution in [0.5, 0.6) is 0 Å². The van der Waals surface area contributed by atoms with E-state index in [0.29, 0.717) is 18.7 Å². The molecule has 2 aliphatic rings. The van der Waals surface area contributed by atoms with Gasteiger partial charge in [0.15, 0.2) is 0 Å². The molecule has 7 heteroatoms. The molecular formula is C21H23N5O2. The molecule has 0 N–H and O–H groups in total. The highest BCUT2D eigenvalue weighted by Gasteiger charge is 2.45. The number of carbonyl (C=O) groups excluding carboxylic acids is 1. The summed E-state index contributed by atoms with van der Waals surface area (Å²) < 4.78 is 5.28. The molecule has 3 aromatic rings. The summed E-state index contributed by atoms with van der Waals surface area (Å²) in [5.74, 6) is 1.17. The van der Waals surface area contributed by atoms with Crippen LogP contribution in [0.3, 0.4) is 0 Å². The fraction of sp³-hybridized carbons (Fsp3) is 0.429. The minimum Gasteiger partial charge on any atom is -0.356 e. The lowest BCUT2D eigenvalue weighted by Gasteiger charge is -2.39. The Balaban J connectivity index is 1.30. The first kappa shape index (κ1) is 17.2. The third-order valence-corrected chi connectivity index (χ3v) is 6.17. The molecule has 0 atom stereocenters. The minimum atomic E-state index is 0.0815. The standard InChI is InChI=1S/C21H23N5O2/c1-15-18-19(22-14-23-20(18)28-24-15)25-9-7-21(8-10-25)11-17(27)26(13-21)12-16-5-3-2-4-6-16/h2-6,14H,7-13H2,1H3. The van der Waals surface area contributed by atoms with Gasteiger partial charge in [-0.1, -0.05) is 35.5 Å². The summed E-state index contributed by atoms with van der Waals surface area (Å²) in [5, 5.41) is 4.92. The van der Waals surface area contributed by atoms with Gasteiger partial charge in [0, 0.05) is 38.0 Å². The number of amides is 1. The summed E-state index contributed by atoms with van der Waals surface area (Å²) in [6.07, 6.45) is 4.16. The number of anilines is 1. The number of nitrogens with zero attached hydrogens (tertiary/aromatic N) is 5. The van der Waals surface area contributed by atoms with Gasteiger partial charge in [-0.25, -0.2) is 4.98 Å². The molecule has 28 heavy (non-hydrogen) atoms. The zero-order chi connectivity index (χ0) is 19.1. The molecule has 0 radical (unpaired) electrons. The van der Waals surface area contributed by atoms with E-state index in [-0.39, 0.29) is 11.3 Å². The molecular weight excluding hydrogens is 354 g/mol. The summed E-state index contributed by atoms with van der Waals surface area (Å²) >= 11 is 0. The second-order valence-corrected chi connectivity index (χ2v) is 8.04. The number of aryl methyl sites for hydroxylation is 1. The number of fused-ring (bicyclic) bond motifs is 1. The second kappa shape index (κ2) is 6.58. The Morgan fingerprint density at radius 1 is 1.14 bits per heavy atom. The van der Waals surface area contributed by atoms with Gasteiger partial charge >= 0.3 is 0 Å². The fourth-order valence-corrected chi connectivity index (χ4v) is 4.60. The number of piperidine rings is 1. The zero-order valence-electron chi connectivity index (χ0n) is 16.0. The zero-order valence-corrected chi connectivity index (χ0v) is 16.0. The second-order valence-electron chi connectivity index (χ2n) is 8.04. The Bertz CT molecular complexity index is 1010. The van der Waals surface area contributed by atoms with Crippen molar-refractivity contribution in [3.8, 4) is 0 Å². The van der Waals surface area contributed by atoms with E-state index in [0.717, 1.165) is 49.4 Å². The molecule has 1 amide bonds. The number of aromatic nitrogens is 3. The Morgan fingerprint density at radius 2 is 1.93 bits per heavy atom. The number of hydrogen-bond donors (Lipinski definition) is 0. The highest BCUT2D eigenvalue weighted by Crippen LogP contribution is 2.42. The maximum atomic E-state index is 12.7. The molecule has 2 aromatic heterocycles. The summed E-state index contributed by atoms with van der Waals surface area (Å²) in [7, 11) is 0. The quantitative estimate of drug-likeness (QED) is 0.699. The van der Waals surface area contributed by atoms with E-state index in [2.05, 4.69) is 32.2 Å². The first-order valence-electron chi connectivity index (χ1n) is 9.77. The molecule has 0 saturated carbocycles. The van der Waals surface area contributed by atoms with Gasteiger partial charge in [-0.15, -0.1) is 0 Å². The smallest absolute Gasteiger partial charge is 0.263 e. The van der Waals surface area contributed by atoms with Crippen molar-refractivity contribution in [1.82, 2.24) is 20.0 Å². The van der Waals surface area contributed by atoms with Crippen LogP contribution in [0.1, 0.15) is 30.5 Å². The van der Waals surface area contributed by atoms with E-state index >= 15 is 0 Å². The average molecular weight is 377 g/mol. The average Bonchev–Trinajstić information content (AvgIpc) is 3.23. The van der Waals surface area contributed by atoms with E-state index in [1.807, 2.05) is 30.0 Å². The molecule has 4 heterocycles. The van der Waals surface area contributed by atoms with Gasteiger partial charge in [-0.05, 0) is 25.3 Å². The molecule has 0 bridgehead atoms. The van der Waals surface area contributed by atoms with Gasteiger partial charge in [0.25, 0.3) is 5.71 Å². The van der Waals surface area contributed by atoms with Gasteiger partial charge in [0.2, 0.25) is 5.91 Å². The van der Waals surface area contributed by atoms with Crippen molar-refractivity contribution in [2.24, 2.45) is 5.41 Å². The van der Waals surface area contributed by atoms with Crippen molar-refractivity contribution in [3.05, 3.63) is 47.9 Å². The van der Waals surface area contributed by atoms with E-state index in [4.69, 9.17) is 4.52 Å². The Labute approximate surface area is 163 Å². The van der Waals surface area contributed by atoms with Crippen LogP contribution in [-0.2, 0) is 11.3 Å². The monoisotopic (exact) mass is 377 g/mol. The van der Waals surface area contributed by atoms with Crippen LogP contribution in [0.4, 0.5) is 5.82 Å². The molecule has 2 fully saturated rings. The number of hydrogen-bond acceptors (Lipinski definition) is 6. The van der Waals surface area contributed by atoms with Crippen molar-refractivity contribution >= 4 is 22.8 Å². The lowest BCUT2D eigenvalue weighted by molar-refractivity contribution is -0.128. The van der Waals surface area contributed by atoms with Gasteiger partial charge in [0.05, 0.1) is 5.69 Å². The number of benzene rings is 1. The maximum Gasteiger partial charge on any atom is 0.263 e. The van der Waals surface area contributed by atoms with Crippen LogP contribution in [0.25, 0.3) is 11.1 Å². The number of rotatable bonds is 3. The number of carbonyl (C=O) groups is 1. The van der Waals surface area contributed by atoms with Crippen LogP contribution in [0, 0.1) is 12.3 Å². The lowest BCUT2D eigenvalue weighted by atomic mass is 9.77. The molecule has 5 rings (SSSR count). The Kier molecular flexibility index (Phi) is 4.03. The first-order valence-corrected chi connectivity index (χ1v) is 9.77. The largest absolute Gasteiger partial charge is 0.356 e. The van der Waals surface area contributed by atoms with Crippen molar-refractivity contribution in [2.75, 3.05) is 24.5 Å². The minimum absolute atomic E-state index is 0.0815. The van der Waals surface area contributed by atoms with Crippen molar-refractivity contribution in [1.29, 1.82) is 0 Å². The first-order chi connectivity index (χ1) is 13.6. The van der Waals surface area contributed by atoms with E-state index in [9.17, 15) is 4.79 Å². The summed E-state index contributed by atoms with van der Waals surface area (Å²) in [5.41, 5.74) is 2.62. The van der Waals surface area contributed by atoms with Crippen LogP contribution < -0.4 is 4.90 Å². The highest BCUT2D eigenvalue weighted by atomic mass is 16.5. The van der Waals surface area contributed by atoms with Gasteiger partial charge in [-0.3, -0.25) is 4.79 Å². The van der Waals surface area contributed by atoms with Gasteiger partial charge in [0.1, 0.15) is 17.5 Å². The van der Waals surface area contributed by atoms with Crippen LogP contribution >= 0.6 is 0 Å². The number of likely N-dealkylation sites (tertiary alicyclic amines) is 1. The van der Waals surface area contributed by atoms with E-state index in [1.165, 1.54) is 11.9 Å². The molecule has 1 aromatic carbocycles. The third kappa shape index (κ3) is 2.91. The molecule has 2 saturated heterocycles. The topological polar surface area (TPSA) is 75.4 Å². The highest BCUT2D eigenvalue weighted by molar-refractivity contribution is 5.88. The summed E-state index contributed by atoms with van der Waals surface area (Å²) in [6, 6.07) is 10.2. The van der Waals surface area contributed by atoms with Crippen molar-refractivity contribution < 1.29 is 9.32 Å². The van der Waals surface area contributed by atoms with Crippen molar-refractivity contribution in [2.45, 2.75) is 32.7 Å². The molecule has 0 aliphatic carbocycles. The summed E-state index contributed by atoms with van der Waals surface area (Å²) in [4.78, 5) is 25.6. The molecule has 0 unspecified atom stereocenters. The third-order valence-electron chi connectivity index (χ3n) is 6.17. The predicted octanol–water partition coefficient (Wildman–Crippen LogP) is 2.95. The molecule has 7 nitrogen and oxygen atoms in total. The van der Waals surface area contributed by atoms with Gasteiger partial charge in [-0.2, -0.15) is 4.98 Å². The molecule has 2 aliphatic heterocycles. The van der Waals surface area contributed by atoms with Crippen LogP contribution in [0.15, 0.2) is 41.2 Å². The predicted molar refractivity (Wildman–Crippen MR) is 105 cm³/mol.